The maximum atomic E-state index is 10.2. The monoisotopic (exact) mass is 447 g/mol. The van der Waals surface area contributed by atoms with E-state index in [4.69, 9.17) is 34.0 Å². The fraction of sp³-hybridized carbons (Fsp3) is 0.304. The summed E-state index contributed by atoms with van der Waals surface area (Å²) in [4.78, 5) is 19.2. The number of carboxylic acids is 2. The van der Waals surface area contributed by atoms with Gasteiger partial charge in [0.05, 0.1) is 27.8 Å². The Bertz CT molecular complexity index is 835. The van der Waals surface area contributed by atoms with Gasteiger partial charge in [0.25, 0.3) is 0 Å². The van der Waals surface area contributed by atoms with Crippen molar-refractivity contribution in [1.82, 2.24) is 0 Å². The minimum Gasteiger partial charge on any atom is -0.539 e. The van der Waals surface area contributed by atoms with Crippen LogP contribution in [-0.4, -0.2) is 69.2 Å². The lowest BCUT2D eigenvalue weighted by atomic mass is 10.2. The van der Waals surface area contributed by atoms with Gasteiger partial charge >= 0.3 is 5.97 Å². The molecule has 2 rings (SSSR count). The van der Waals surface area contributed by atoms with Crippen LogP contribution in [0.25, 0.3) is 6.08 Å². The third-order valence-corrected chi connectivity index (χ3v) is 4.10. The van der Waals surface area contributed by atoms with Crippen LogP contribution in [0.5, 0.6) is 17.2 Å². The molecule has 32 heavy (non-hydrogen) atoms. The average Bonchev–Trinajstić information content (AvgIpc) is 2.78. The first-order valence-corrected chi connectivity index (χ1v) is 9.76. The van der Waals surface area contributed by atoms with Crippen molar-refractivity contribution < 1.29 is 44.0 Å². The van der Waals surface area contributed by atoms with E-state index in [2.05, 4.69) is 24.3 Å². The minimum absolute atomic E-state index is 0.218. The van der Waals surface area contributed by atoms with Gasteiger partial charge in [-0.05, 0) is 11.6 Å². The van der Waals surface area contributed by atoms with Crippen LogP contribution in [0.15, 0.2) is 54.6 Å². The highest BCUT2D eigenvalue weighted by atomic mass is 16.5. The van der Waals surface area contributed by atoms with Crippen LogP contribution >= 0.6 is 0 Å². The van der Waals surface area contributed by atoms with Crippen LogP contribution in [-0.2, 0) is 9.59 Å². The number of aliphatic hydroxyl groups excluding tert-OH is 1. The van der Waals surface area contributed by atoms with Crippen LogP contribution in [0.4, 0.5) is 0 Å². The normalized spacial score (nSPS) is 12.2. The maximum absolute atomic E-state index is 10.2. The van der Waals surface area contributed by atoms with Gasteiger partial charge < -0.3 is 39.2 Å². The van der Waals surface area contributed by atoms with E-state index >= 15 is 0 Å². The molecule has 0 aliphatic carbocycles. The molecule has 0 heterocycles. The number of methoxy groups -OCH3 is 2. The first-order chi connectivity index (χ1) is 15.2. The summed E-state index contributed by atoms with van der Waals surface area (Å²) in [6.45, 7) is 1.65. The smallest absolute Gasteiger partial charge is 0.351 e. The Morgan fingerprint density at radius 3 is 2.09 bits per heavy atom. The second-order valence-electron chi connectivity index (χ2n) is 6.78. The molecule has 3 N–H and O–H groups in total. The molecule has 0 aliphatic heterocycles. The highest BCUT2D eigenvalue weighted by Crippen LogP contribution is 2.27. The van der Waals surface area contributed by atoms with Crippen LogP contribution in [0.3, 0.4) is 0 Å². The number of nitrogens with one attached hydrogen (secondary N) is 1. The predicted octanol–water partition coefficient (Wildman–Crippen LogP) is -0.507. The molecule has 0 aromatic heterocycles. The number of aliphatic carboxylic acids is 2. The van der Waals surface area contributed by atoms with E-state index in [1.807, 2.05) is 25.2 Å². The standard InChI is InChI=1S/C21H27NO4.C2H2O4/c1-22(11-7-10-17-8-5-4-6-9-17)15-18(23)16-26-21-13-19(24-2)12-20(14-21)25-3;3-1(4)2(5)6/h4-10,12-14,18,23H,11,15-16H2,1-3H3;(H,3,4)(H,5,6)/b10-7+;. The molecule has 174 valence electrons. The van der Waals surface area contributed by atoms with Gasteiger partial charge in [-0.1, -0.05) is 36.4 Å². The van der Waals surface area contributed by atoms with Gasteiger partial charge in [0.2, 0.25) is 0 Å². The van der Waals surface area contributed by atoms with E-state index in [0.29, 0.717) is 23.8 Å². The number of ether oxygens (including phenoxy) is 3. The zero-order chi connectivity index (χ0) is 23.9. The number of quaternary nitrogens is 1. The minimum atomic E-state index is -2.07. The summed E-state index contributed by atoms with van der Waals surface area (Å²) in [6, 6.07) is 15.5. The molecule has 0 saturated carbocycles. The van der Waals surface area contributed by atoms with Crippen molar-refractivity contribution in [2.24, 2.45) is 0 Å². The summed E-state index contributed by atoms with van der Waals surface area (Å²) in [6.07, 6.45) is 3.65. The van der Waals surface area contributed by atoms with E-state index in [9.17, 15) is 5.11 Å². The number of carbonyl (C=O) groups excluding carboxylic acids is 1. The number of aliphatic hydroxyl groups is 1. The third kappa shape index (κ3) is 11.0. The average molecular weight is 447 g/mol. The van der Waals surface area contributed by atoms with Gasteiger partial charge in [-0.3, -0.25) is 0 Å². The molecule has 0 saturated heterocycles. The fourth-order valence-corrected chi connectivity index (χ4v) is 2.56. The molecule has 2 aromatic rings. The van der Waals surface area contributed by atoms with Crippen molar-refractivity contribution in [1.29, 1.82) is 0 Å². The Balaban J connectivity index is 0.000000751. The molecule has 2 aromatic carbocycles. The molecule has 0 radical (unpaired) electrons. The van der Waals surface area contributed by atoms with Crippen LogP contribution in [0, 0.1) is 0 Å². The second-order valence-corrected chi connectivity index (χ2v) is 6.78. The van der Waals surface area contributed by atoms with Crippen LogP contribution < -0.4 is 24.2 Å². The molecule has 0 spiro atoms. The van der Waals surface area contributed by atoms with Crippen molar-refractivity contribution >= 4 is 18.0 Å². The van der Waals surface area contributed by atoms with Crippen LogP contribution in [0.1, 0.15) is 5.56 Å². The Morgan fingerprint density at radius 1 is 1.06 bits per heavy atom. The lowest BCUT2D eigenvalue weighted by molar-refractivity contribution is -0.876. The van der Waals surface area contributed by atoms with E-state index in [1.165, 1.54) is 10.5 Å². The van der Waals surface area contributed by atoms with Crippen molar-refractivity contribution in [2.75, 3.05) is 41.0 Å². The van der Waals surface area contributed by atoms with Gasteiger partial charge in [-0.15, -0.1) is 0 Å². The van der Waals surface area contributed by atoms with Crippen molar-refractivity contribution in [3.05, 3.63) is 60.2 Å². The molecule has 2 unspecified atom stereocenters. The summed E-state index contributed by atoms with van der Waals surface area (Å²) >= 11 is 0. The first kappa shape index (κ1) is 26.5. The van der Waals surface area contributed by atoms with Crippen molar-refractivity contribution in [3.63, 3.8) is 0 Å². The highest BCUT2D eigenvalue weighted by molar-refractivity contribution is 6.26. The Labute approximate surface area is 187 Å². The van der Waals surface area contributed by atoms with Gasteiger partial charge in [-0.2, -0.15) is 0 Å². The summed E-state index contributed by atoms with van der Waals surface area (Å²) in [7, 11) is 5.23. The Kier molecular flexibility index (Phi) is 12.0. The van der Waals surface area contributed by atoms with E-state index < -0.39 is 18.0 Å². The number of rotatable bonds is 10. The lowest BCUT2D eigenvalue weighted by Crippen LogP contribution is -3.10. The molecule has 0 aliphatic rings. The number of likely N-dealkylation sites (N-methyl/N-ethyl adjacent to an activating group) is 1. The van der Waals surface area contributed by atoms with Gasteiger partial charge in [0.15, 0.2) is 5.97 Å². The summed E-state index contributed by atoms with van der Waals surface area (Å²) in [5.41, 5.74) is 1.18. The quantitative estimate of drug-likeness (QED) is 0.416. The fourth-order valence-electron chi connectivity index (χ4n) is 2.56. The Morgan fingerprint density at radius 2 is 1.59 bits per heavy atom. The van der Waals surface area contributed by atoms with E-state index in [1.54, 1.807) is 32.4 Å². The van der Waals surface area contributed by atoms with E-state index in [0.717, 1.165) is 6.54 Å². The summed E-state index contributed by atoms with van der Waals surface area (Å²) in [5, 5.41) is 26.5. The summed E-state index contributed by atoms with van der Waals surface area (Å²) in [5.74, 6) is -2.09. The molecule has 2 atom stereocenters. The zero-order valence-corrected chi connectivity index (χ0v) is 18.3. The van der Waals surface area contributed by atoms with Crippen molar-refractivity contribution in [2.45, 2.75) is 6.10 Å². The van der Waals surface area contributed by atoms with Gasteiger partial charge in [-0.25, -0.2) is 4.79 Å². The zero-order valence-electron chi connectivity index (χ0n) is 18.3. The topological polar surface area (TPSA) is 130 Å². The number of carbonyl (C=O) groups is 2. The lowest BCUT2D eigenvalue weighted by Gasteiger charge is -2.17. The largest absolute Gasteiger partial charge is 0.539 e. The van der Waals surface area contributed by atoms with E-state index in [-0.39, 0.29) is 6.61 Å². The number of hydrogen-bond acceptors (Lipinski definition) is 7. The van der Waals surface area contributed by atoms with Crippen molar-refractivity contribution in [3.8, 4) is 17.2 Å². The molecule has 0 bridgehead atoms. The Hall–Kier alpha value is -3.56. The van der Waals surface area contributed by atoms with Crippen LogP contribution in [0.2, 0.25) is 0 Å². The molecular weight excluding hydrogens is 418 g/mol. The molecule has 9 heteroatoms. The third-order valence-electron chi connectivity index (χ3n) is 4.10. The van der Waals surface area contributed by atoms with Gasteiger partial charge in [0.1, 0.15) is 36.5 Å². The second kappa shape index (κ2) is 14.4. The predicted molar refractivity (Wildman–Crippen MR) is 116 cm³/mol. The number of carboxylic acid groups (broad SMARTS) is 2. The summed E-state index contributed by atoms with van der Waals surface area (Å²) < 4.78 is 16.1. The number of hydrogen-bond donors (Lipinski definition) is 3. The van der Waals surface area contributed by atoms with Gasteiger partial charge in [0, 0.05) is 18.2 Å². The molecule has 0 amide bonds. The first-order valence-electron chi connectivity index (χ1n) is 9.76. The SMILES string of the molecule is COc1cc(OC)cc(OCC(O)C[NH+](C)C/C=C/c2ccccc2)c1.O=C([O-])C(=O)O. The molecule has 9 nitrogen and oxygen atoms in total. The number of benzene rings is 2. The molecular formula is C23H29NO8. The maximum Gasteiger partial charge on any atom is 0.351 e. The molecule has 0 fully saturated rings. The highest BCUT2D eigenvalue weighted by Gasteiger charge is 2.12.